The third-order valence-electron chi connectivity index (χ3n) is 4.26. The van der Waals surface area contributed by atoms with Crippen LogP contribution < -0.4 is 10.2 Å². The number of amides is 1. The highest BCUT2D eigenvalue weighted by atomic mass is 32.2. The van der Waals surface area contributed by atoms with Crippen molar-refractivity contribution in [1.29, 1.82) is 0 Å². The maximum Gasteiger partial charge on any atom is 0.234 e. The second-order valence-corrected chi connectivity index (χ2v) is 7.61. The van der Waals surface area contributed by atoms with Gasteiger partial charge in [0, 0.05) is 24.8 Å². The van der Waals surface area contributed by atoms with Crippen molar-refractivity contribution >= 4 is 29.2 Å². The molecule has 1 saturated heterocycles. The van der Waals surface area contributed by atoms with Crippen LogP contribution in [0.2, 0.25) is 0 Å². The highest BCUT2D eigenvalue weighted by molar-refractivity contribution is 7.99. The van der Waals surface area contributed by atoms with Gasteiger partial charge in [-0.15, -0.1) is 0 Å². The van der Waals surface area contributed by atoms with Crippen LogP contribution in [0.1, 0.15) is 25.3 Å². The topological polar surface area (TPSA) is 58.1 Å². The first kappa shape index (κ1) is 17.7. The lowest BCUT2D eigenvalue weighted by molar-refractivity contribution is -0.113. The summed E-state index contributed by atoms with van der Waals surface area (Å²) >= 11 is 1.44. The Bertz CT molecular complexity index is 737. The number of nitrogens with zero attached hydrogens (tertiary/aromatic N) is 3. The molecule has 1 atom stereocenters. The number of carbonyl (C=O) groups excluding carboxylic acids is 1. The minimum Gasteiger partial charge on any atom is -0.356 e. The Morgan fingerprint density at radius 2 is 2.24 bits per heavy atom. The number of aryl methyl sites for hydroxylation is 1. The third kappa shape index (κ3) is 5.19. The Kier molecular flexibility index (Phi) is 5.91. The molecule has 6 heteroatoms. The predicted octanol–water partition coefficient (Wildman–Crippen LogP) is 3.75. The van der Waals surface area contributed by atoms with Crippen molar-refractivity contribution < 1.29 is 4.79 Å². The number of thioether (sulfide) groups is 1. The summed E-state index contributed by atoms with van der Waals surface area (Å²) in [5.74, 6) is 1.96. The summed E-state index contributed by atoms with van der Waals surface area (Å²) in [6, 6.07) is 9.80. The van der Waals surface area contributed by atoms with E-state index in [1.165, 1.54) is 24.6 Å². The van der Waals surface area contributed by atoms with E-state index in [-0.39, 0.29) is 5.91 Å². The molecule has 2 heterocycles. The summed E-state index contributed by atoms with van der Waals surface area (Å²) < 4.78 is 0. The second-order valence-electron chi connectivity index (χ2n) is 6.61. The SMILES string of the molecule is Cc1cccc(NC(=O)CSc2cc(N3CCCC(C)C3)ncn2)c1. The summed E-state index contributed by atoms with van der Waals surface area (Å²) in [4.78, 5) is 23.1. The number of hydrogen-bond donors (Lipinski definition) is 1. The van der Waals surface area contributed by atoms with Crippen molar-refractivity contribution in [2.45, 2.75) is 31.7 Å². The van der Waals surface area contributed by atoms with Crippen molar-refractivity contribution in [2.24, 2.45) is 5.92 Å². The quantitative estimate of drug-likeness (QED) is 0.653. The lowest BCUT2D eigenvalue weighted by atomic mass is 10.0. The van der Waals surface area contributed by atoms with E-state index in [4.69, 9.17) is 0 Å². The van der Waals surface area contributed by atoms with Crippen LogP contribution in [0.3, 0.4) is 0 Å². The van der Waals surface area contributed by atoms with Crippen LogP contribution in [0.5, 0.6) is 0 Å². The highest BCUT2D eigenvalue weighted by Crippen LogP contribution is 2.24. The zero-order valence-corrected chi connectivity index (χ0v) is 15.6. The van der Waals surface area contributed by atoms with E-state index >= 15 is 0 Å². The Morgan fingerprint density at radius 1 is 1.36 bits per heavy atom. The molecule has 2 aromatic rings. The molecule has 1 amide bonds. The van der Waals surface area contributed by atoms with Gasteiger partial charge in [-0.3, -0.25) is 4.79 Å². The van der Waals surface area contributed by atoms with Gasteiger partial charge in [-0.2, -0.15) is 0 Å². The van der Waals surface area contributed by atoms with Gasteiger partial charge >= 0.3 is 0 Å². The predicted molar refractivity (Wildman–Crippen MR) is 103 cm³/mol. The first-order valence-electron chi connectivity index (χ1n) is 8.66. The van der Waals surface area contributed by atoms with Crippen LogP contribution in [-0.4, -0.2) is 34.7 Å². The van der Waals surface area contributed by atoms with Gasteiger partial charge in [0.05, 0.1) is 5.75 Å². The summed E-state index contributed by atoms with van der Waals surface area (Å²) in [6.45, 7) is 6.36. The Balaban J connectivity index is 1.56. The van der Waals surface area contributed by atoms with E-state index in [2.05, 4.69) is 27.1 Å². The van der Waals surface area contributed by atoms with E-state index < -0.39 is 0 Å². The van der Waals surface area contributed by atoms with Crippen molar-refractivity contribution in [3.05, 3.63) is 42.2 Å². The van der Waals surface area contributed by atoms with E-state index in [1.54, 1.807) is 6.33 Å². The minimum atomic E-state index is -0.0256. The number of hydrogen-bond acceptors (Lipinski definition) is 5. The average molecular weight is 356 g/mol. The Labute approximate surface area is 153 Å². The molecule has 1 aliphatic rings. The van der Waals surface area contributed by atoms with Gasteiger partial charge in [-0.25, -0.2) is 9.97 Å². The standard InChI is InChI=1S/C19H24N4OS/c1-14-5-3-7-16(9-14)22-18(24)12-25-19-10-17(20-13-21-19)23-8-4-6-15(2)11-23/h3,5,7,9-10,13,15H,4,6,8,11-12H2,1-2H3,(H,22,24). The van der Waals surface area contributed by atoms with Crippen LogP contribution in [0, 0.1) is 12.8 Å². The summed E-state index contributed by atoms with van der Waals surface area (Å²) in [6.07, 6.45) is 4.07. The van der Waals surface area contributed by atoms with Crippen molar-refractivity contribution in [3.8, 4) is 0 Å². The normalized spacial score (nSPS) is 17.4. The molecule has 0 spiro atoms. The van der Waals surface area contributed by atoms with Gasteiger partial charge in [-0.05, 0) is 43.4 Å². The Hall–Kier alpha value is -2.08. The van der Waals surface area contributed by atoms with E-state index in [1.807, 2.05) is 37.3 Å². The van der Waals surface area contributed by atoms with Crippen LogP contribution in [0.15, 0.2) is 41.7 Å². The molecule has 1 N–H and O–H groups in total. The highest BCUT2D eigenvalue weighted by Gasteiger charge is 2.18. The van der Waals surface area contributed by atoms with E-state index in [9.17, 15) is 4.79 Å². The van der Waals surface area contributed by atoms with Crippen LogP contribution in [0.25, 0.3) is 0 Å². The van der Waals surface area contributed by atoms with Crippen LogP contribution >= 0.6 is 11.8 Å². The first-order chi connectivity index (χ1) is 12.1. The number of anilines is 2. The number of nitrogens with one attached hydrogen (secondary N) is 1. The Morgan fingerprint density at radius 3 is 3.04 bits per heavy atom. The van der Waals surface area contributed by atoms with E-state index in [0.717, 1.165) is 35.2 Å². The molecule has 0 aliphatic carbocycles. The molecule has 0 radical (unpaired) electrons. The van der Waals surface area contributed by atoms with Crippen LogP contribution in [-0.2, 0) is 4.79 Å². The van der Waals surface area contributed by atoms with Crippen molar-refractivity contribution in [3.63, 3.8) is 0 Å². The smallest absolute Gasteiger partial charge is 0.234 e. The van der Waals surface area contributed by atoms with E-state index in [0.29, 0.717) is 11.7 Å². The molecule has 1 aliphatic heterocycles. The number of carbonyl (C=O) groups is 1. The maximum absolute atomic E-state index is 12.1. The zero-order valence-electron chi connectivity index (χ0n) is 14.7. The molecule has 0 bridgehead atoms. The summed E-state index contributed by atoms with van der Waals surface area (Å²) in [7, 11) is 0. The number of piperidine rings is 1. The molecule has 1 fully saturated rings. The summed E-state index contributed by atoms with van der Waals surface area (Å²) in [5, 5.41) is 3.76. The molecule has 1 aromatic heterocycles. The molecule has 0 saturated carbocycles. The number of benzene rings is 1. The molecule has 1 aromatic carbocycles. The molecular formula is C19H24N4OS. The average Bonchev–Trinajstić information content (AvgIpc) is 2.60. The lowest BCUT2D eigenvalue weighted by Gasteiger charge is -2.31. The maximum atomic E-state index is 12.1. The first-order valence-corrected chi connectivity index (χ1v) is 9.65. The summed E-state index contributed by atoms with van der Waals surface area (Å²) in [5.41, 5.74) is 1.96. The number of rotatable bonds is 5. The van der Waals surface area contributed by atoms with Gasteiger partial charge < -0.3 is 10.2 Å². The second kappa shape index (κ2) is 8.34. The molecule has 3 rings (SSSR count). The fourth-order valence-electron chi connectivity index (χ4n) is 3.04. The molecule has 132 valence electrons. The monoisotopic (exact) mass is 356 g/mol. The minimum absolute atomic E-state index is 0.0256. The van der Waals surface area contributed by atoms with Gasteiger partial charge in [0.15, 0.2) is 0 Å². The molecule has 1 unspecified atom stereocenters. The van der Waals surface area contributed by atoms with Gasteiger partial charge in [0.1, 0.15) is 17.2 Å². The lowest BCUT2D eigenvalue weighted by Crippen LogP contribution is -2.34. The van der Waals surface area contributed by atoms with Gasteiger partial charge in [0.2, 0.25) is 5.91 Å². The zero-order chi connectivity index (χ0) is 17.6. The van der Waals surface area contributed by atoms with Crippen molar-refractivity contribution in [2.75, 3.05) is 29.1 Å². The molecule has 5 nitrogen and oxygen atoms in total. The van der Waals surface area contributed by atoms with Gasteiger partial charge in [-0.1, -0.05) is 30.8 Å². The van der Waals surface area contributed by atoms with Crippen LogP contribution in [0.4, 0.5) is 11.5 Å². The third-order valence-corrected chi connectivity index (χ3v) is 5.19. The fraction of sp³-hybridized carbons (Fsp3) is 0.421. The molecule has 25 heavy (non-hydrogen) atoms. The number of aromatic nitrogens is 2. The largest absolute Gasteiger partial charge is 0.356 e. The fourth-order valence-corrected chi connectivity index (χ4v) is 3.70. The molecular weight excluding hydrogens is 332 g/mol. The van der Waals surface area contributed by atoms with Crippen molar-refractivity contribution in [1.82, 2.24) is 9.97 Å². The van der Waals surface area contributed by atoms with Gasteiger partial charge in [0.25, 0.3) is 0 Å².